The number of carbonyl (C=O) groups excluding carboxylic acids is 3. The van der Waals surface area contributed by atoms with Crippen LogP contribution in [0.3, 0.4) is 0 Å². The van der Waals surface area contributed by atoms with Crippen LogP contribution in [0.15, 0.2) is 48.6 Å². The quantitative estimate of drug-likeness (QED) is 0.0195. The third-order valence-electron chi connectivity index (χ3n) is 14.5. The van der Waals surface area contributed by atoms with Gasteiger partial charge in [0.25, 0.3) is 0 Å². The van der Waals surface area contributed by atoms with Crippen molar-refractivity contribution in [3.63, 3.8) is 0 Å². The van der Waals surface area contributed by atoms with Gasteiger partial charge in [0.1, 0.15) is 13.2 Å². The van der Waals surface area contributed by atoms with Crippen LogP contribution in [0.2, 0.25) is 0 Å². The molecule has 0 aliphatic heterocycles. The largest absolute Gasteiger partial charge is 0.545 e. The van der Waals surface area contributed by atoms with Gasteiger partial charge in [-0.25, -0.2) is 0 Å². The van der Waals surface area contributed by atoms with Crippen LogP contribution >= 0.6 is 0 Å². The summed E-state index contributed by atoms with van der Waals surface area (Å²) >= 11 is 0. The van der Waals surface area contributed by atoms with E-state index in [1.54, 1.807) is 0 Å². The number of rotatable bonds is 61. The predicted molar refractivity (Wildman–Crippen MR) is 325 cm³/mol. The first kappa shape index (κ1) is 74.2. The van der Waals surface area contributed by atoms with Crippen LogP contribution in [0.25, 0.3) is 0 Å². The fourth-order valence-electron chi connectivity index (χ4n) is 9.48. The lowest BCUT2D eigenvalue weighted by Crippen LogP contribution is -2.44. The van der Waals surface area contributed by atoms with E-state index in [9.17, 15) is 19.5 Å². The van der Waals surface area contributed by atoms with Crippen molar-refractivity contribution in [3.05, 3.63) is 48.6 Å². The van der Waals surface area contributed by atoms with E-state index in [4.69, 9.17) is 18.9 Å². The standard InChI is InChI=1S/C68H125NO8/c1-6-8-10-12-14-16-18-20-22-24-26-28-29-30-31-32-33-34-35-36-37-39-40-42-44-46-48-50-52-54-56-58-65(70)75-62-64(63-76-68(67(72)73)74-61-60-69(3,4)5)77-66(71)59-57-55-53-51-49-47-45-43-41-38-27-25-23-21-19-17-15-13-11-9-7-2/h19,21,24-27,41,43,64,68H,6-18,20,22-23,28-40,42,44-63H2,1-5H3/b21-19-,26-24-,27-25-,43-41-. The minimum Gasteiger partial charge on any atom is -0.545 e. The first-order valence-corrected chi connectivity index (χ1v) is 32.8. The Bertz CT molecular complexity index is 1400. The Morgan fingerprint density at radius 2 is 0.701 bits per heavy atom. The lowest BCUT2D eigenvalue weighted by atomic mass is 10.0. The number of allylic oxidation sites excluding steroid dienone is 8. The summed E-state index contributed by atoms with van der Waals surface area (Å²) in [6.07, 6.45) is 71.8. The molecule has 0 radical (unpaired) electrons. The van der Waals surface area contributed by atoms with E-state index in [0.717, 1.165) is 70.6 Å². The molecule has 0 amide bonds. The van der Waals surface area contributed by atoms with Crippen LogP contribution in [0.1, 0.15) is 309 Å². The highest BCUT2D eigenvalue weighted by Crippen LogP contribution is 2.17. The molecular formula is C68H125NO8. The number of aliphatic carboxylic acids is 1. The monoisotopic (exact) mass is 1080 g/mol. The molecule has 0 saturated carbocycles. The van der Waals surface area contributed by atoms with E-state index in [1.165, 1.54) is 205 Å². The van der Waals surface area contributed by atoms with Crippen LogP contribution in [0.4, 0.5) is 0 Å². The van der Waals surface area contributed by atoms with Crippen molar-refractivity contribution in [2.45, 2.75) is 322 Å². The van der Waals surface area contributed by atoms with Gasteiger partial charge in [-0.2, -0.15) is 0 Å². The first-order valence-electron chi connectivity index (χ1n) is 32.8. The summed E-state index contributed by atoms with van der Waals surface area (Å²) in [7, 11) is 5.93. The number of carboxylic acids is 1. The average molecular weight is 1080 g/mol. The molecule has 0 saturated heterocycles. The number of unbranched alkanes of at least 4 members (excludes halogenated alkanes) is 38. The Labute approximate surface area is 476 Å². The molecule has 0 aliphatic rings. The molecule has 0 aliphatic carbocycles. The van der Waals surface area contributed by atoms with Gasteiger partial charge in [-0.05, 0) is 77.0 Å². The highest BCUT2D eigenvalue weighted by molar-refractivity contribution is 5.70. The number of hydrogen-bond acceptors (Lipinski definition) is 8. The minimum atomic E-state index is -1.63. The van der Waals surface area contributed by atoms with Gasteiger partial charge in [-0.3, -0.25) is 9.59 Å². The molecule has 0 aromatic rings. The van der Waals surface area contributed by atoms with Crippen molar-refractivity contribution in [2.75, 3.05) is 47.5 Å². The number of likely N-dealkylation sites (N-methyl/N-ethyl adjacent to an activating group) is 1. The normalized spacial score (nSPS) is 13.0. The van der Waals surface area contributed by atoms with Crippen LogP contribution in [-0.4, -0.2) is 82.3 Å². The molecule has 9 nitrogen and oxygen atoms in total. The summed E-state index contributed by atoms with van der Waals surface area (Å²) in [6, 6.07) is 0. The topological polar surface area (TPSA) is 111 Å². The summed E-state index contributed by atoms with van der Waals surface area (Å²) < 4.78 is 22.7. The van der Waals surface area contributed by atoms with E-state index in [-0.39, 0.29) is 32.2 Å². The van der Waals surface area contributed by atoms with Gasteiger partial charge in [0.2, 0.25) is 0 Å². The van der Waals surface area contributed by atoms with Crippen molar-refractivity contribution < 1.29 is 42.9 Å². The fraction of sp³-hybridized carbons (Fsp3) is 0.838. The zero-order valence-electron chi connectivity index (χ0n) is 51.3. The van der Waals surface area contributed by atoms with Gasteiger partial charge in [0, 0.05) is 12.8 Å². The van der Waals surface area contributed by atoms with Gasteiger partial charge in [-0.1, -0.05) is 268 Å². The van der Waals surface area contributed by atoms with Crippen molar-refractivity contribution in [1.82, 2.24) is 0 Å². The van der Waals surface area contributed by atoms with Crippen molar-refractivity contribution in [2.24, 2.45) is 0 Å². The lowest BCUT2D eigenvalue weighted by molar-refractivity contribution is -0.870. The minimum absolute atomic E-state index is 0.145. The number of carbonyl (C=O) groups is 3. The second-order valence-corrected chi connectivity index (χ2v) is 23.4. The summed E-state index contributed by atoms with van der Waals surface area (Å²) in [5.41, 5.74) is 0. The maximum absolute atomic E-state index is 12.9. The van der Waals surface area contributed by atoms with Crippen LogP contribution in [0.5, 0.6) is 0 Å². The molecule has 77 heavy (non-hydrogen) atoms. The van der Waals surface area contributed by atoms with Crippen molar-refractivity contribution in [1.29, 1.82) is 0 Å². The molecule has 0 spiro atoms. The summed E-state index contributed by atoms with van der Waals surface area (Å²) in [5.74, 6) is -2.28. The number of hydrogen-bond donors (Lipinski definition) is 0. The number of nitrogens with zero attached hydrogens (tertiary/aromatic N) is 1. The highest BCUT2D eigenvalue weighted by atomic mass is 16.7. The van der Waals surface area contributed by atoms with Crippen molar-refractivity contribution in [3.8, 4) is 0 Å². The van der Waals surface area contributed by atoms with Gasteiger partial charge < -0.3 is 33.3 Å². The highest BCUT2D eigenvalue weighted by Gasteiger charge is 2.22. The molecule has 9 heteroatoms. The third kappa shape index (κ3) is 60.7. The predicted octanol–water partition coefficient (Wildman–Crippen LogP) is 18.5. The summed E-state index contributed by atoms with van der Waals surface area (Å²) in [6.45, 7) is 4.76. The van der Waals surface area contributed by atoms with Gasteiger partial charge in [0.05, 0.1) is 40.3 Å². The van der Waals surface area contributed by atoms with Crippen LogP contribution in [-0.2, 0) is 33.3 Å². The zero-order valence-corrected chi connectivity index (χ0v) is 51.3. The van der Waals surface area contributed by atoms with E-state index in [2.05, 4.69) is 62.5 Å². The first-order chi connectivity index (χ1) is 37.6. The zero-order chi connectivity index (χ0) is 56.2. The SMILES string of the molecule is CCCCCCC/C=C\C/C=C\C/C=C\CCCCCCCCC(=O)OC(COC(=O)CCCCCCCCCCCCCCCCCCCCC/C=C\CCCCCCCCCC)COC(OCC[N+](C)(C)C)C(=O)[O-]. The Hall–Kier alpha value is -2.75. The van der Waals surface area contributed by atoms with E-state index >= 15 is 0 Å². The number of esters is 2. The molecule has 0 aromatic carbocycles. The Balaban J connectivity index is 4.12. The maximum atomic E-state index is 12.9. The molecule has 0 heterocycles. The smallest absolute Gasteiger partial charge is 0.306 e. The van der Waals surface area contributed by atoms with E-state index in [1.807, 2.05) is 21.1 Å². The molecule has 2 unspecified atom stereocenters. The summed E-state index contributed by atoms with van der Waals surface area (Å²) in [4.78, 5) is 37.4. The van der Waals surface area contributed by atoms with Crippen LogP contribution < -0.4 is 5.11 Å². The summed E-state index contributed by atoms with van der Waals surface area (Å²) in [5, 5.41) is 11.8. The lowest BCUT2D eigenvalue weighted by Gasteiger charge is -2.26. The van der Waals surface area contributed by atoms with Gasteiger partial charge >= 0.3 is 11.9 Å². The molecule has 0 fully saturated rings. The molecule has 0 bridgehead atoms. The second kappa shape index (κ2) is 59.4. The second-order valence-electron chi connectivity index (χ2n) is 23.4. The Morgan fingerprint density at radius 1 is 0.390 bits per heavy atom. The molecule has 450 valence electrons. The molecule has 0 rings (SSSR count). The Kier molecular flexibility index (Phi) is 57.3. The average Bonchev–Trinajstić information content (AvgIpc) is 3.40. The maximum Gasteiger partial charge on any atom is 0.306 e. The molecular weight excluding hydrogens is 959 g/mol. The molecule has 0 N–H and O–H groups in total. The van der Waals surface area contributed by atoms with E-state index < -0.39 is 24.3 Å². The van der Waals surface area contributed by atoms with Crippen molar-refractivity contribution >= 4 is 17.9 Å². The number of carboxylic acid groups (broad SMARTS) is 1. The Morgan fingerprint density at radius 3 is 1.05 bits per heavy atom. The molecule has 0 aromatic heterocycles. The number of quaternary nitrogens is 1. The molecule has 2 atom stereocenters. The van der Waals surface area contributed by atoms with Gasteiger partial charge in [-0.15, -0.1) is 0 Å². The third-order valence-corrected chi connectivity index (χ3v) is 14.5. The fourth-order valence-corrected chi connectivity index (χ4v) is 9.48. The number of ether oxygens (including phenoxy) is 4. The van der Waals surface area contributed by atoms with Crippen LogP contribution in [0, 0.1) is 0 Å². The van der Waals surface area contributed by atoms with Gasteiger partial charge in [0.15, 0.2) is 12.4 Å². The van der Waals surface area contributed by atoms with E-state index in [0.29, 0.717) is 23.9 Å².